The molecule has 3 rings (SSSR count). The molecule has 2 N–H and O–H groups in total. The number of hydrogen-bond acceptors (Lipinski definition) is 5. The van der Waals surface area contributed by atoms with Crippen molar-refractivity contribution in [2.75, 3.05) is 32.7 Å². The van der Waals surface area contributed by atoms with Crippen molar-refractivity contribution in [3.8, 4) is 17.2 Å². The van der Waals surface area contributed by atoms with Gasteiger partial charge in [0.15, 0.2) is 18.1 Å². The number of halogens is 3. The van der Waals surface area contributed by atoms with Crippen molar-refractivity contribution in [1.29, 1.82) is 0 Å². The molecule has 3 aromatic carbocycles. The van der Waals surface area contributed by atoms with E-state index >= 15 is 0 Å². The molecule has 0 spiro atoms. The number of hydrogen-bond donors (Lipinski definition) is 2. The first kappa shape index (κ1) is 26.4. The number of para-hydroxylation sites is 1. The summed E-state index contributed by atoms with van der Waals surface area (Å²) in [7, 11) is 3.09. The maximum absolute atomic E-state index is 12.8. The van der Waals surface area contributed by atoms with Gasteiger partial charge in [0.2, 0.25) is 0 Å². The lowest BCUT2D eigenvalue weighted by molar-refractivity contribution is -0.137. The SMILES string of the molecule is COc1ccc(CCNC(=O)c2ccccc2NC(=O)COc2cccc(C(F)(F)F)c2)cc1OC. The van der Waals surface area contributed by atoms with Crippen molar-refractivity contribution >= 4 is 17.5 Å². The van der Waals surface area contributed by atoms with E-state index in [9.17, 15) is 22.8 Å². The predicted molar refractivity (Wildman–Crippen MR) is 128 cm³/mol. The Balaban J connectivity index is 1.56. The highest BCUT2D eigenvalue weighted by molar-refractivity contribution is 6.04. The van der Waals surface area contributed by atoms with E-state index in [2.05, 4.69) is 10.6 Å². The number of alkyl halides is 3. The molecule has 0 aliphatic rings. The Morgan fingerprint density at radius 2 is 1.64 bits per heavy atom. The lowest BCUT2D eigenvalue weighted by Crippen LogP contribution is -2.28. The van der Waals surface area contributed by atoms with Gasteiger partial charge in [-0.1, -0.05) is 24.3 Å². The highest BCUT2D eigenvalue weighted by atomic mass is 19.4. The van der Waals surface area contributed by atoms with Gasteiger partial charge in [-0.3, -0.25) is 9.59 Å². The maximum Gasteiger partial charge on any atom is 0.416 e. The number of ether oxygens (including phenoxy) is 3. The quantitative estimate of drug-likeness (QED) is 0.419. The number of anilines is 1. The fraction of sp³-hybridized carbons (Fsp3) is 0.231. The Hall–Kier alpha value is -4.21. The van der Waals surface area contributed by atoms with Crippen LogP contribution in [-0.4, -0.2) is 39.2 Å². The molecular formula is C26H25F3N2O5. The third-order valence-electron chi connectivity index (χ3n) is 5.12. The maximum atomic E-state index is 12.8. The molecule has 2 amide bonds. The molecule has 10 heteroatoms. The van der Waals surface area contributed by atoms with Crippen molar-refractivity contribution in [2.24, 2.45) is 0 Å². The zero-order valence-corrected chi connectivity index (χ0v) is 19.6. The van der Waals surface area contributed by atoms with Crippen LogP contribution in [0.3, 0.4) is 0 Å². The number of nitrogens with one attached hydrogen (secondary N) is 2. The van der Waals surface area contributed by atoms with E-state index in [4.69, 9.17) is 14.2 Å². The van der Waals surface area contributed by atoms with Crippen molar-refractivity contribution in [3.05, 3.63) is 83.4 Å². The second-order valence-electron chi connectivity index (χ2n) is 7.60. The van der Waals surface area contributed by atoms with Gasteiger partial charge in [0, 0.05) is 6.54 Å². The largest absolute Gasteiger partial charge is 0.493 e. The summed E-state index contributed by atoms with van der Waals surface area (Å²) in [5, 5.41) is 5.37. The molecule has 0 aromatic heterocycles. The monoisotopic (exact) mass is 502 g/mol. The number of rotatable bonds is 10. The molecule has 190 valence electrons. The molecular weight excluding hydrogens is 477 g/mol. The van der Waals surface area contributed by atoms with Gasteiger partial charge in [-0.2, -0.15) is 13.2 Å². The number of methoxy groups -OCH3 is 2. The first-order valence-corrected chi connectivity index (χ1v) is 10.9. The summed E-state index contributed by atoms with van der Waals surface area (Å²) in [6.45, 7) is -0.203. The first-order chi connectivity index (χ1) is 17.2. The van der Waals surface area contributed by atoms with E-state index in [1.807, 2.05) is 12.1 Å². The molecule has 0 unspecified atom stereocenters. The van der Waals surface area contributed by atoms with Crippen LogP contribution in [0.4, 0.5) is 18.9 Å². The van der Waals surface area contributed by atoms with Crippen LogP contribution in [0.25, 0.3) is 0 Å². The van der Waals surface area contributed by atoms with Gasteiger partial charge in [-0.15, -0.1) is 0 Å². The molecule has 0 aliphatic heterocycles. The van der Waals surface area contributed by atoms with Crippen LogP contribution in [0, 0.1) is 0 Å². The summed E-state index contributed by atoms with van der Waals surface area (Å²) in [5.41, 5.74) is 0.535. The summed E-state index contributed by atoms with van der Waals surface area (Å²) in [6.07, 6.45) is -3.99. The Labute approximate surface area is 206 Å². The van der Waals surface area contributed by atoms with Gasteiger partial charge in [0.1, 0.15) is 5.75 Å². The normalized spacial score (nSPS) is 10.9. The number of amides is 2. The summed E-state index contributed by atoms with van der Waals surface area (Å²) < 4.78 is 54.2. The molecule has 0 heterocycles. The van der Waals surface area contributed by atoms with E-state index in [0.29, 0.717) is 24.5 Å². The first-order valence-electron chi connectivity index (χ1n) is 10.9. The van der Waals surface area contributed by atoms with E-state index in [1.54, 1.807) is 44.6 Å². The van der Waals surface area contributed by atoms with Crippen molar-refractivity contribution < 1.29 is 37.0 Å². The van der Waals surface area contributed by atoms with Crippen LogP contribution in [0.15, 0.2) is 66.7 Å². The molecule has 0 fully saturated rings. The minimum absolute atomic E-state index is 0.0961. The van der Waals surface area contributed by atoms with Crippen LogP contribution in [-0.2, 0) is 17.4 Å². The summed E-state index contributed by atoms with van der Waals surface area (Å²) in [5.74, 6) is 0.0676. The smallest absolute Gasteiger partial charge is 0.416 e. The van der Waals surface area contributed by atoms with Crippen molar-refractivity contribution in [3.63, 3.8) is 0 Å². The third kappa shape index (κ3) is 7.14. The van der Waals surface area contributed by atoms with Gasteiger partial charge in [0.05, 0.1) is 31.0 Å². The average Bonchev–Trinajstić information content (AvgIpc) is 2.87. The minimum atomic E-state index is -4.52. The van der Waals surface area contributed by atoms with E-state index in [-0.39, 0.29) is 17.0 Å². The zero-order valence-electron chi connectivity index (χ0n) is 19.6. The topological polar surface area (TPSA) is 85.9 Å². The average molecular weight is 502 g/mol. The highest BCUT2D eigenvalue weighted by Crippen LogP contribution is 2.31. The molecule has 7 nitrogen and oxygen atoms in total. The predicted octanol–water partition coefficient (Wildman–Crippen LogP) is 4.71. The van der Waals surface area contributed by atoms with Crippen molar-refractivity contribution in [1.82, 2.24) is 5.32 Å². The Bertz CT molecular complexity index is 1210. The lowest BCUT2D eigenvalue weighted by atomic mass is 10.1. The van der Waals surface area contributed by atoms with Gasteiger partial charge in [0.25, 0.3) is 11.8 Å². The minimum Gasteiger partial charge on any atom is -0.493 e. The lowest BCUT2D eigenvalue weighted by Gasteiger charge is -2.13. The number of carbonyl (C=O) groups is 2. The molecule has 3 aromatic rings. The zero-order chi connectivity index (χ0) is 26.1. The van der Waals surface area contributed by atoms with Crippen LogP contribution >= 0.6 is 0 Å². The van der Waals surface area contributed by atoms with Crippen LogP contribution in [0.1, 0.15) is 21.5 Å². The van der Waals surface area contributed by atoms with Crippen LogP contribution in [0.5, 0.6) is 17.2 Å². The standard InChI is InChI=1S/C26H25F3N2O5/c1-34-22-11-10-17(14-23(22)35-2)12-13-30-25(33)20-8-3-4-9-21(20)31-24(32)16-36-19-7-5-6-18(15-19)26(27,28)29/h3-11,14-15H,12-13,16H2,1-2H3,(H,30,33)(H,31,32). The summed E-state index contributed by atoms with van der Waals surface area (Å²) >= 11 is 0. The molecule has 0 radical (unpaired) electrons. The fourth-order valence-electron chi connectivity index (χ4n) is 3.34. The molecule has 0 bridgehead atoms. The number of carbonyl (C=O) groups excluding carboxylic acids is 2. The van der Waals surface area contributed by atoms with Gasteiger partial charge in [-0.25, -0.2) is 0 Å². The Morgan fingerprint density at radius 3 is 2.36 bits per heavy atom. The van der Waals surface area contributed by atoms with E-state index < -0.39 is 30.2 Å². The van der Waals surface area contributed by atoms with Gasteiger partial charge >= 0.3 is 6.18 Å². The number of benzene rings is 3. The summed E-state index contributed by atoms with van der Waals surface area (Å²) in [4.78, 5) is 25.1. The molecule has 0 aliphatic carbocycles. The van der Waals surface area contributed by atoms with Gasteiger partial charge < -0.3 is 24.8 Å². The Morgan fingerprint density at radius 1 is 0.889 bits per heavy atom. The van der Waals surface area contributed by atoms with Gasteiger partial charge in [-0.05, 0) is 54.4 Å². The Kier molecular flexibility index (Phi) is 8.77. The fourth-order valence-corrected chi connectivity index (χ4v) is 3.34. The molecule has 0 saturated carbocycles. The molecule has 36 heavy (non-hydrogen) atoms. The summed E-state index contributed by atoms with van der Waals surface area (Å²) in [6, 6.07) is 16.1. The van der Waals surface area contributed by atoms with Crippen molar-refractivity contribution in [2.45, 2.75) is 12.6 Å². The molecule has 0 atom stereocenters. The molecule has 0 saturated heterocycles. The van der Waals surface area contributed by atoms with E-state index in [1.165, 1.54) is 12.1 Å². The highest BCUT2D eigenvalue weighted by Gasteiger charge is 2.30. The second-order valence-corrected chi connectivity index (χ2v) is 7.60. The second kappa shape index (κ2) is 12.0. The van der Waals surface area contributed by atoms with Crippen LogP contribution in [0.2, 0.25) is 0 Å². The van der Waals surface area contributed by atoms with Crippen LogP contribution < -0.4 is 24.8 Å². The van der Waals surface area contributed by atoms with E-state index in [0.717, 1.165) is 17.7 Å². The third-order valence-corrected chi connectivity index (χ3v) is 5.12.